The summed E-state index contributed by atoms with van der Waals surface area (Å²) in [5, 5.41) is 3.26. The van der Waals surface area contributed by atoms with Gasteiger partial charge in [0.15, 0.2) is 5.82 Å². The summed E-state index contributed by atoms with van der Waals surface area (Å²) >= 11 is 1.19. The molecule has 2 aromatic rings. The van der Waals surface area contributed by atoms with Crippen LogP contribution in [0.3, 0.4) is 0 Å². The molecule has 1 heterocycles. The van der Waals surface area contributed by atoms with E-state index < -0.39 is 0 Å². The van der Waals surface area contributed by atoms with Crippen LogP contribution in [0.4, 0.5) is 5.13 Å². The Balaban J connectivity index is 1.50. The van der Waals surface area contributed by atoms with Gasteiger partial charge in [-0.1, -0.05) is 49.6 Å². The number of amides is 1. The van der Waals surface area contributed by atoms with E-state index in [4.69, 9.17) is 4.74 Å². The Bertz CT molecular complexity index is 609. The third-order valence-electron chi connectivity index (χ3n) is 3.71. The first kappa shape index (κ1) is 15.1. The monoisotopic (exact) mass is 317 g/mol. The van der Waals surface area contributed by atoms with Crippen molar-refractivity contribution in [3.8, 4) is 11.4 Å². The molecule has 3 rings (SSSR count). The van der Waals surface area contributed by atoms with Crippen molar-refractivity contribution in [1.82, 2.24) is 9.36 Å². The van der Waals surface area contributed by atoms with Crippen molar-refractivity contribution in [2.24, 2.45) is 0 Å². The highest BCUT2D eigenvalue weighted by Gasteiger charge is 2.16. The smallest absolute Gasteiger partial charge is 0.252 e. The second-order valence-corrected chi connectivity index (χ2v) is 6.16. The lowest BCUT2D eigenvalue weighted by atomic mass is 9.98. The van der Waals surface area contributed by atoms with Gasteiger partial charge in [0.05, 0.1) is 6.10 Å². The van der Waals surface area contributed by atoms with Crippen molar-refractivity contribution in [2.45, 2.75) is 38.2 Å². The summed E-state index contributed by atoms with van der Waals surface area (Å²) < 4.78 is 9.92. The fraction of sp³-hybridized carbons (Fsp3) is 0.438. The maximum absolute atomic E-state index is 11.9. The molecule has 0 saturated heterocycles. The lowest BCUT2D eigenvalue weighted by Crippen LogP contribution is -2.24. The molecule has 1 aromatic heterocycles. The van der Waals surface area contributed by atoms with Crippen LogP contribution in [0, 0.1) is 0 Å². The number of rotatable bonds is 5. The van der Waals surface area contributed by atoms with Crippen molar-refractivity contribution < 1.29 is 9.53 Å². The molecule has 5 nitrogen and oxygen atoms in total. The zero-order valence-corrected chi connectivity index (χ0v) is 13.1. The summed E-state index contributed by atoms with van der Waals surface area (Å²) in [6.45, 7) is 0.0882. The number of hydrogen-bond donors (Lipinski definition) is 1. The molecule has 6 heteroatoms. The Labute approximate surface area is 133 Å². The molecule has 22 heavy (non-hydrogen) atoms. The van der Waals surface area contributed by atoms with Crippen molar-refractivity contribution in [3.63, 3.8) is 0 Å². The van der Waals surface area contributed by atoms with Crippen LogP contribution in [-0.4, -0.2) is 28.0 Å². The molecular formula is C16H19N3O2S. The maximum Gasteiger partial charge on any atom is 0.252 e. The highest BCUT2D eigenvalue weighted by atomic mass is 32.1. The highest BCUT2D eigenvalue weighted by Crippen LogP contribution is 2.22. The van der Waals surface area contributed by atoms with Gasteiger partial charge < -0.3 is 4.74 Å². The van der Waals surface area contributed by atoms with Gasteiger partial charge >= 0.3 is 0 Å². The van der Waals surface area contributed by atoms with E-state index in [1.165, 1.54) is 30.8 Å². The van der Waals surface area contributed by atoms with Crippen molar-refractivity contribution >= 4 is 22.6 Å². The summed E-state index contributed by atoms with van der Waals surface area (Å²) in [4.78, 5) is 16.2. The predicted octanol–water partition coefficient (Wildman–Crippen LogP) is 3.49. The van der Waals surface area contributed by atoms with Gasteiger partial charge in [-0.05, 0) is 12.8 Å². The van der Waals surface area contributed by atoms with Gasteiger partial charge in [-0.3, -0.25) is 10.1 Å². The lowest BCUT2D eigenvalue weighted by Gasteiger charge is -2.21. The van der Waals surface area contributed by atoms with E-state index in [0.717, 1.165) is 18.4 Å². The largest absolute Gasteiger partial charge is 0.368 e. The summed E-state index contributed by atoms with van der Waals surface area (Å²) in [6, 6.07) is 9.71. The Kier molecular flexibility index (Phi) is 5.13. The first-order chi connectivity index (χ1) is 10.8. The quantitative estimate of drug-likeness (QED) is 0.917. The second-order valence-electron chi connectivity index (χ2n) is 5.41. The number of nitrogens with one attached hydrogen (secondary N) is 1. The first-order valence-electron chi connectivity index (χ1n) is 7.62. The third kappa shape index (κ3) is 4.11. The van der Waals surface area contributed by atoms with Crippen LogP contribution in [0.25, 0.3) is 11.4 Å². The molecule has 1 aliphatic rings. The van der Waals surface area contributed by atoms with Crippen LogP contribution in [0.15, 0.2) is 30.3 Å². The number of carbonyl (C=O) groups excluding carboxylic acids is 1. The lowest BCUT2D eigenvalue weighted by molar-refractivity contribution is -0.123. The van der Waals surface area contributed by atoms with Crippen molar-refractivity contribution in [2.75, 3.05) is 11.9 Å². The van der Waals surface area contributed by atoms with Crippen LogP contribution in [0.5, 0.6) is 0 Å². The van der Waals surface area contributed by atoms with Crippen LogP contribution in [0.1, 0.15) is 32.1 Å². The standard InChI is InChI=1S/C16H19N3O2S/c20-14(11-21-13-9-5-2-6-10-13)17-16-18-15(19-22-16)12-7-3-1-4-8-12/h1,3-4,7-8,13H,2,5-6,9-11H2,(H,17,18,19,20). The average Bonchev–Trinajstić information content (AvgIpc) is 3.03. The maximum atomic E-state index is 11.9. The summed E-state index contributed by atoms with van der Waals surface area (Å²) in [5.41, 5.74) is 0.942. The summed E-state index contributed by atoms with van der Waals surface area (Å²) in [5.74, 6) is 0.468. The molecule has 0 spiro atoms. The fourth-order valence-corrected chi connectivity index (χ4v) is 3.17. The number of nitrogens with zero attached hydrogens (tertiary/aromatic N) is 2. The number of carbonyl (C=O) groups is 1. The molecular weight excluding hydrogens is 298 g/mol. The molecule has 0 radical (unpaired) electrons. The Morgan fingerprint density at radius 3 is 2.77 bits per heavy atom. The number of aromatic nitrogens is 2. The van der Waals surface area contributed by atoms with E-state index in [9.17, 15) is 4.79 Å². The molecule has 0 atom stereocenters. The number of anilines is 1. The SMILES string of the molecule is O=C(COC1CCCCC1)Nc1nc(-c2ccccc2)ns1. The van der Waals surface area contributed by atoms with Gasteiger partial charge in [-0.2, -0.15) is 9.36 Å². The predicted molar refractivity (Wildman–Crippen MR) is 86.8 cm³/mol. The van der Waals surface area contributed by atoms with E-state index in [1.54, 1.807) is 0 Å². The molecule has 0 bridgehead atoms. The Morgan fingerprint density at radius 2 is 2.00 bits per heavy atom. The zero-order chi connectivity index (χ0) is 15.2. The van der Waals surface area contributed by atoms with Gasteiger partial charge in [-0.25, -0.2) is 0 Å². The molecule has 1 aliphatic carbocycles. The third-order valence-corrected chi connectivity index (χ3v) is 4.34. The minimum Gasteiger partial charge on any atom is -0.368 e. The van der Waals surface area contributed by atoms with E-state index >= 15 is 0 Å². The van der Waals surface area contributed by atoms with Gasteiger partial charge in [0, 0.05) is 17.1 Å². The minimum atomic E-state index is -0.165. The molecule has 0 aliphatic heterocycles. The molecule has 1 saturated carbocycles. The fourth-order valence-electron chi connectivity index (χ4n) is 2.56. The molecule has 1 aromatic carbocycles. The molecule has 1 N–H and O–H groups in total. The van der Waals surface area contributed by atoms with Crippen LogP contribution in [0.2, 0.25) is 0 Å². The first-order valence-corrected chi connectivity index (χ1v) is 8.39. The van der Waals surface area contributed by atoms with E-state index in [0.29, 0.717) is 11.0 Å². The Morgan fingerprint density at radius 1 is 1.23 bits per heavy atom. The molecule has 0 unspecified atom stereocenters. The molecule has 1 amide bonds. The minimum absolute atomic E-state index is 0.0882. The number of ether oxygens (including phenoxy) is 1. The van der Waals surface area contributed by atoms with Gasteiger partial charge in [0.1, 0.15) is 6.61 Å². The summed E-state index contributed by atoms with van der Waals surface area (Å²) in [7, 11) is 0. The van der Waals surface area contributed by atoms with E-state index in [2.05, 4.69) is 14.7 Å². The van der Waals surface area contributed by atoms with Crippen LogP contribution >= 0.6 is 11.5 Å². The summed E-state index contributed by atoms with van der Waals surface area (Å²) in [6.07, 6.45) is 6.02. The normalized spacial score (nSPS) is 15.6. The van der Waals surface area contributed by atoms with Crippen LogP contribution < -0.4 is 5.32 Å². The average molecular weight is 317 g/mol. The number of benzene rings is 1. The zero-order valence-electron chi connectivity index (χ0n) is 12.3. The Hall–Kier alpha value is -1.79. The van der Waals surface area contributed by atoms with Gasteiger partial charge in [0.25, 0.3) is 5.91 Å². The topological polar surface area (TPSA) is 64.1 Å². The van der Waals surface area contributed by atoms with Gasteiger partial charge in [0.2, 0.25) is 5.13 Å². The van der Waals surface area contributed by atoms with E-state index in [-0.39, 0.29) is 18.6 Å². The van der Waals surface area contributed by atoms with E-state index in [1.807, 2.05) is 30.3 Å². The van der Waals surface area contributed by atoms with Crippen LogP contribution in [-0.2, 0) is 9.53 Å². The van der Waals surface area contributed by atoms with Crippen molar-refractivity contribution in [1.29, 1.82) is 0 Å². The van der Waals surface area contributed by atoms with Crippen molar-refractivity contribution in [3.05, 3.63) is 30.3 Å². The van der Waals surface area contributed by atoms with Gasteiger partial charge in [-0.15, -0.1) is 0 Å². The highest BCUT2D eigenvalue weighted by molar-refractivity contribution is 7.10. The second kappa shape index (κ2) is 7.47. The molecule has 1 fully saturated rings. The molecule has 116 valence electrons. The number of hydrogen-bond acceptors (Lipinski definition) is 5.